The van der Waals surface area contributed by atoms with Crippen LogP contribution in [0, 0.1) is 0 Å². The van der Waals surface area contributed by atoms with E-state index in [-0.39, 0.29) is 0 Å². The maximum atomic E-state index is 5.40. The Kier molecular flexibility index (Phi) is 8.10. The van der Waals surface area contributed by atoms with Gasteiger partial charge >= 0.3 is 0 Å². The van der Waals surface area contributed by atoms with E-state index in [2.05, 4.69) is 41.3 Å². The Labute approximate surface area is 166 Å². The number of ether oxygens (including phenoxy) is 1. The van der Waals surface area contributed by atoms with Crippen molar-refractivity contribution >= 4 is 22.6 Å². The summed E-state index contributed by atoms with van der Waals surface area (Å²) in [5.74, 6) is 1.97. The van der Waals surface area contributed by atoms with Crippen molar-refractivity contribution < 1.29 is 4.74 Å². The summed E-state index contributed by atoms with van der Waals surface area (Å²) >= 11 is 1.52. The van der Waals surface area contributed by atoms with Gasteiger partial charge in [0.15, 0.2) is 5.96 Å². The molecule has 2 fully saturated rings. The maximum absolute atomic E-state index is 5.40. The molecule has 152 valence electrons. The molecular formula is C18H33N7OS. The van der Waals surface area contributed by atoms with E-state index in [1.165, 1.54) is 30.9 Å². The number of hydrogen-bond donors (Lipinski definition) is 1. The number of guanidine groups is 1. The molecule has 0 bridgehead atoms. The first kappa shape index (κ1) is 20.3. The van der Waals surface area contributed by atoms with Crippen LogP contribution in [0.2, 0.25) is 0 Å². The van der Waals surface area contributed by atoms with Crippen molar-refractivity contribution in [1.82, 2.24) is 24.5 Å². The molecule has 1 aromatic rings. The number of unbranched alkanes of at least 4 members (excludes halogenated alkanes) is 1. The van der Waals surface area contributed by atoms with Gasteiger partial charge in [-0.05, 0) is 19.4 Å². The predicted octanol–water partition coefficient (Wildman–Crippen LogP) is 0.910. The van der Waals surface area contributed by atoms with Crippen LogP contribution in [-0.2, 0) is 11.2 Å². The molecule has 3 heterocycles. The van der Waals surface area contributed by atoms with Crippen molar-refractivity contribution in [2.24, 2.45) is 4.99 Å². The van der Waals surface area contributed by atoms with Crippen LogP contribution in [0.4, 0.5) is 5.13 Å². The Morgan fingerprint density at radius 1 is 1.15 bits per heavy atom. The Hall–Kier alpha value is -1.45. The molecule has 0 amide bonds. The molecule has 0 unspecified atom stereocenters. The maximum Gasteiger partial charge on any atom is 0.205 e. The first-order valence-corrected chi connectivity index (χ1v) is 10.9. The molecule has 8 nitrogen and oxygen atoms in total. The van der Waals surface area contributed by atoms with Crippen molar-refractivity contribution in [3.63, 3.8) is 0 Å². The van der Waals surface area contributed by atoms with E-state index in [0.717, 1.165) is 82.4 Å². The molecule has 2 aliphatic rings. The zero-order valence-electron chi connectivity index (χ0n) is 16.7. The lowest BCUT2D eigenvalue weighted by atomic mass is 10.2. The number of rotatable bonds is 7. The molecule has 2 saturated heterocycles. The van der Waals surface area contributed by atoms with Gasteiger partial charge in [0, 0.05) is 70.8 Å². The lowest BCUT2D eigenvalue weighted by molar-refractivity contribution is 0.0372. The average Bonchev–Trinajstić information content (AvgIpc) is 3.21. The Bertz CT molecular complexity index is 580. The number of hydrogen-bond acceptors (Lipinski definition) is 7. The number of anilines is 1. The number of nitrogens with zero attached hydrogens (tertiary/aromatic N) is 6. The molecular weight excluding hydrogens is 362 g/mol. The summed E-state index contributed by atoms with van der Waals surface area (Å²) in [6.07, 6.45) is 3.29. The van der Waals surface area contributed by atoms with E-state index in [0.29, 0.717) is 0 Å². The van der Waals surface area contributed by atoms with Gasteiger partial charge in [-0.15, -0.1) is 0 Å². The minimum atomic E-state index is 0.883. The average molecular weight is 396 g/mol. The zero-order valence-corrected chi connectivity index (χ0v) is 17.5. The van der Waals surface area contributed by atoms with Crippen LogP contribution < -0.4 is 10.2 Å². The van der Waals surface area contributed by atoms with E-state index >= 15 is 0 Å². The van der Waals surface area contributed by atoms with Gasteiger partial charge in [0.05, 0.1) is 13.2 Å². The Balaban J connectivity index is 1.33. The third-order valence-electron chi connectivity index (χ3n) is 5.12. The minimum Gasteiger partial charge on any atom is -0.379 e. The molecule has 0 aromatic carbocycles. The third-order valence-corrected chi connectivity index (χ3v) is 5.94. The standard InChI is InChI=1S/C18H33N7OS/c1-3-16-21-18(27-22-16)25-10-8-24(9-11-25)17(19-2)20-6-4-5-7-23-12-14-26-15-13-23/h3-15H2,1-2H3,(H,19,20). The third kappa shape index (κ3) is 6.02. The number of piperazine rings is 1. The lowest BCUT2D eigenvalue weighted by Gasteiger charge is -2.36. The normalized spacial score (nSPS) is 19.6. The molecule has 0 aliphatic carbocycles. The topological polar surface area (TPSA) is 69.1 Å². The van der Waals surface area contributed by atoms with Crippen LogP contribution >= 0.6 is 11.5 Å². The zero-order chi connectivity index (χ0) is 18.9. The van der Waals surface area contributed by atoms with Crippen molar-refractivity contribution in [3.05, 3.63) is 5.82 Å². The summed E-state index contributed by atoms with van der Waals surface area (Å²) in [6, 6.07) is 0. The van der Waals surface area contributed by atoms with Crippen LogP contribution in [0.3, 0.4) is 0 Å². The van der Waals surface area contributed by atoms with Crippen molar-refractivity contribution in [2.45, 2.75) is 26.2 Å². The molecule has 1 aromatic heterocycles. The molecule has 1 N–H and O–H groups in total. The van der Waals surface area contributed by atoms with Crippen LogP contribution in [0.25, 0.3) is 0 Å². The fraction of sp³-hybridized carbons (Fsp3) is 0.833. The molecule has 0 radical (unpaired) electrons. The van der Waals surface area contributed by atoms with Crippen molar-refractivity contribution in [3.8, 4) is 0 Å². The number of aryl methyl sites for hydroxylation is 1. The summed E-state index contributed by atoms with van der Waals surface area (Å²) in [4.78, 5) is 16.3. The minimum absolute atomic E-state index is 0.883. The van der Waals surface area contributed by atoms with Crippen LogP contribution in [0.15, 0.2) is 4.99 Å². The van der Waals surface area contributed by atoms with Crippen LogP contribution in [0.1, 0.15) is 25.6 Å². The number of nitrogens with one attached hydrogen (secondary N) is 1. The Morgan fingerprint density at radius 3 is 2.59 bits per heavy atom. The largest absolute Gasteiger partial charge is 0.379 e. The highest BCUT2D eigenvalue weighted by Gasteiger charge is 2.21. The van der Waals surface area contributed by atoms with Crippen LogP contribution in [-0.4, -0.2) is 97.7 Å². The second-order valence-corrected chi connectivity index (χ2v) is 7.69. The highest BCUT2D eigenvalue weighted by atomic mass is 32.1. The van der Waals surface area contributed by atoms with E-state index < -0.39 is 0 Å². The lowest BCUT2D eigenvalue weighted by Crippen LogP contribution is -2.52. The predicted molar refractivity (Wildman–Crippen MR) is 111 cm³/mol. The summed E-state index contributed by atoms with van der Waals surface area (Å²) in [6.45, 7) is 12.0. The van der Waals surface area contributed by atoms with Gasteiger partial charge in [-0.1, -0.05) is 6.92 Å². The van der Waals surface area contributed by atoms with Gasteiger partial charge in [-0.25, -0.2) is 4.98 Å². The van der Waals surface area contributed by atoms with Crippen LogP contribution in [0.5, 0.6) is 0 Å². The fourth-order valence-corrected chi connectivity index (χ4v) is 4.25. The van der Waals surface area contributed by atoms with Crippen molar-refractivity contribution in [2.75, 3.05) is 77.5 Å². The molecule has 0 spiro atoms. The van der Waals surface area contributed by atoms with Gasteiger partial charge in [0.1, 0.15) is 5.82 Å². The van der Waals surface area contributed by atoms with Gasteiger partial charge in [0.2, 0.25) is 5.13 Å². The smallest absolute Gasteiger partial charge is 0.205 e. The SMILES string of the molecule is CCc1nsc(N2CCN(C(=NC)NCCCCN3CCOCC3)CC2)n1. The molecule has 0 atom stereocenters. The number of aliphatic imine (C=N–C) groups is 1. The molecule has 3 rings (SSSR count). The van der Waals surface area contributed by atoms with Gasteiger partial charge < -0.3 is 19.9 Å². The van der Waals surface area contributed by atoms with E-state index in [4.69, 9.17) is 4.74 Å². The Morgan fingerprint density at radius 2 is 1.93 bits per heavy atom. The fourth-order valence-electron chi connectivity index (χ4n) is 3.44. The highest BCUT2D eigenvalue weighted by Crippen LogP contribution is 2.19. The second kappa shape index (κ2) is 10.8. The molecule has 27 heavy (non-hydrogen) atoms. The molecule has 2 aliphatic heterocycles. The summed E-state index contributed by atoms with van der Waals surface area (Å²) in [5, 5.41) is 4.59. The van der Waals surface area contributed by atoms with Gasteiger partial charge in [-0.2, -0.15) is 4.37 Å². The first-order valence-electron chi connectivity index (χ1n) is 10.1. The second-order valence-electron chi connectivity index (χ2n) is 6.96. The van der Waals surface area contributed by atoms with E-state index in [1.807, 2.05) is 7.05 Å². The summed E-state index contributed by atoms with van der Waals surface area (Å²) < 4.78 is 9.80. The summed E-state index contributed by atoms with van der Waals surface area (Å²) in [5.41, 5.74) is 0. The van der Waals surface area contributed by atoms with Gasteiger partial charge in [-0.3, -0.25) is 9.89 Å². The summed E-state index contributed by atoms with van der Waals surface area (Å²) in [7, 11) is 1.88. The molecule has 9 heteroatoms. The van der Waals surface area contributed by atoms with Crippen molar-refractivity contribution in [1.29, 1.82) is 0 Å². The van der Waals surface area contributed by atoms with E-state index in [9.17, 15) is 0 Å². The number of morpholine rings is 1. The monoisotopic (exact) mass is 395 g/mol. The quantitative estimate of drug-likeness (QED) is 0.418. The molecule has 0 saturated carbocycles. The van der Waals surface area contributed by atoms with Gasteiger partial charge in [0.25, 0.3) is 0 Å². The first-order chi connectivity index (χ1) is 13.3. The number of aromatic nitrogens is 2. The highest BCUT2D eigenvalue weighted by molar-refractivity contribution is 7.09. The van der Waals surface area contributed by atoms with E-state index in [1.54, 1.807) is 0 Å².